The number of anilines is 3. The Bertz CT molecular complexity index is 1520. The topological polar surface area (TPSA) is 137 Å². The Morgan fingerprint density at radius 3 is 2.54 bits per heavy atom. The Labute approximate surface area is 227 Å². The molecule has 12 heteroatoms. The Kier molecular flexibility index (Phi) is 6.65. The van der Waals surface area contributed by atoms with Gasteiger partial charge >= 0.3 is 6.03 Å². The van der Waals surface area contributed by atoms with Gasteiger partial charge in [-0.15, -0.1) is 11.3 Å². The number of fused-ring (bicyclic) bond motifs is 3. The van der Waals surface area contributed by atoms with Crippen molar-refractivity contribution in [2.75, 3.05) is 49.3 Å². The smallest absolute Gasteiger partial charge is 0.333 e. The molecule has 3 aromatic rings. The van der Waals surface area contributed by atoms with E-state index in [1.807, 2.05) is 37.4 Å². The van der Waals surface area contributed by atoms with Crippen LogP contribution in [0.1, 0.15) is 36.5 Å². The molecule has 2 aliphatic heterocycles. The molecule has 1 fully saturated rings. The Morgan fingerprint density at radius 1 is 1.00 bits per heavy atom. The van der Waals surface area contributed by atoms with Crippen LogP contribution in [0.15, 0.2) is 70.4 Å². The molecule has 6 rings (SSSR count). The largest absolute Gasteiger partial charge is 0.388 e. The number of morpholine rings is 1. The van der Waals surface area contributed by atoms with Crippen molar-refractivity contribution in [3.8, 4) is 0 Å². The first-order chi connectivity index (χ1) is 19.0. The zero-order chi connectivity index (χ0) is 26.9. The first kappa shape index (κ1) is 24.9. The van der Waals surface area contributed by atoms with Crippen molar-refractivity contribution in [3.63, 3.8) is 0 Å². The number of nitrogens with zero attached hydrogens (tertiary/aromatic N) is 3. The number of hydrazine groups is 1. The molecule has 0 radical (unpaired) electrons. The predicted octanol–water partition coefficient (Wildman–Crippen LogP) is 4.53. The summed E-state index contributed by atoms with van der Waals surface area (Å²) in [5.74, 6) is -0.486. The van der Waals surface area contributed by atoms with Gasteiger partial charge in [-0.05, 0) is 48.0 Å². The first-order valence-corrected chi connectivity index (χ1v) is 13.3. The van der Waals surface area contributed by atoms with E-state index in [1.54, 1.807) is 29.3 Å². The third-order valence-electron chi connectivity index (χ3n) is 6.68. The second-order valence-electron chi connectivity index (χ2n) is 9.09. The maximum absolute atomic E-state index is 13.6. The minimum absolute atomic E-state index is 0.235. The lowest BCUT2D eigenvalue weighted by molar-refractivity contribution is 0.0207. The van der Waals surface area contributed by atoms with Gasteiger partial charge in [0.1, 0.15) is 11.7 Å². The minimum Gasteiger partial charge on any atom is -0.388 e. The summed E-state index contributed by atoms with van der Waals surface area (Å²) in [5, 5.41) is 19.2. The fourth-order valence-electron chi connectivity index (χ4n) is 4.75. The number of benzene rings is 2. The molecule has 1 unspecified atom stereocenters. The number of hydrogen-bond donors (Lipinski definition) is 4. The van der Waals surface area contributed by atoms with Gasteiger partial charge in [-0.2, -0.15) is 10.2 Å². The van der Waals surface area contributed by atoms with Crippen LogP contribution in [0, 0.1) is 0 Å². The lowest BCUT2D eigenvalue weighted by Gasteiger charge is -2.27. The van der Waals surface area contributed by atoms with Gasteiger partial charge in [0, 0.05) is 31.5 Å². The zero-order valence-electron chi connectivity index (χ0n) is 21.0. The van der Waals surface area contributed by atoms with Crippen molar-refractivity contribution < 1.29 is 19.1 Å². The van der Waals surface area contributed by atoms with Crippen LogP contribution in [0.4, 0.5) is 21.9 Å². The molecule has 0 spiro atoms. The molecular formula is C27H25N7O4S. The molecule has 3 heterocycles. The average Bonchev–Trinajstić information content (AvgIpc) is 3.67. The number of rotatable bonds is 6. The fraction of sp³-hybridized carbons (Fsp3) is 0.222. The highest BCUT2D eigenvalue weighted by molar-refractivity contribution is 7.15. The number of carbonyl (C=O) groups is 3. The van der Waals surface area contributed by atoms with Crippen LogP contribution in [-0.4, -0.2) is 56.1 Å². The van der Waals surface area contributed by atoms with E-state index in [1.165, 1.54) is 11.3 Å². The van der Waals surface area contributed by atoms with Gasteiger partial charge in [0.25, 0.3) is 5.91 Å². The van der Waals surface area contributed by atoms with Gasteiger partial charge in [-0.3, -0.25) is 15.0 Å². The van der Waals surface area contributed by atoms with Crippen molar-refractivity contribution in [1.29, 1.82) is 0 Å². The predicted molar refractivity (Wildman–Crippen MR) is 148 cm³/mol. The zero-order valence-corrected chi connectivity index (χ0v) is 21.8. The van der Waals surface area contributed by atoms with Gasteiger partial charge in [0.05, 0.1) is 39.8 Å². The van der Waals surface area contributed by atoms with Crippen LogP contribution in [0.25, 0.3) is 5.70 Å². The normalized spacial score (nSPS) is 18.1. The van der Waals surface area contributed by atoms with Crippen molar-refractivity contribution >= 4 is 51.8 Å². The van der Waals surface area contributed by atoms with Crippen LogP contribution >= 0.6 is 11.3 Å². The second kappa shape index (κ2) is 10.4. The maximum atomic E-state index is 13.6. The summed E-state index contributed by atoms with van der Waals surface area (Å²) >= 11 is 1.25. The van der Waals surface area contributed by atoms with E-state index in [4.69, 9.17) is 4.74 Å². The highest BCUT2D eigenvalue weighted by Gasteiger charge is 2.42. The molecule has 4 N–H and O–H groups in total. The fourth-order valence-corrected chi connectivity index (χ4v) is 5.65. The number of ketones is 1. The quantitative estimate of drug-likeness (QED) is 0.361. The van der Waals surface area contributed by atoms with Gasteiger partial charge in [-0.1, -0.05) is 12.1 Å². The van der Waals surface area contributed by atoms with E-state index in [9.17, 15) is 14.4 Å². The summed E-state index contributed by atoms with van der Waals surface area (Å²) in [4.78, 5) is 40.3. The maximum Gasteiger partial charge on any atom is 0.333 e. The highest BCUT2D eigenvalue weighted by atomic mass is 32.1. The lowest BCUT2D eigenvalue weighted by atomic mass is 10.1. The summed E-state index contributed by atoms with van der Waals surface area (Å²) in [6, 6.07) is 15.2. The number of urea groups is 1. The van der Waals surface area contributed by atoms with Crippen molar-refractivity contribution in [3.05, 3.63) is 81.1 Å². The Morgan fingerprint density at radius 2 is 1.77 bits per heavy atom. The Balaban J connectivity index is 1.21. The van der Waals surface area contributed by atoms with Gasteiger partial charge in [0.15, 0.2) is 5.78 Å². The van der Waals surface area contributed by atoms with E-state index in [-0.39, 0.29) is 11.7 Å². The van der Waals surface area contributed by atoms with E-state index in [0.717, 1.165) is 5.69 Å². The van der Waals surface area contributed by atoms with Crippen LogP contribution in [0.3, 0.4) is 0 Å². The third-order valence-corrected chi connectivity index (χ3v) is 7.77. The van der Waals surface area contributed by atoms with Gasteiger partial charge < -0.3 is 20.7 Å². The molecule has 0 bridgehead atoms. The molecule has 11 nitrogen and oxygen atoms in total. The summed E-state index contributed by atoms with van der Waals surface area (Å²) in [7, 11) is 1.83. The summed E-state index contributed by atoms with van der Waals surface area (Å²) in [6.45, 7) is 2.25. The molecule has 0 saturated carbocycles. The van der Waals surface area contributed by atoms with E-state index in [0.29, 0.717) is 69.8 Å². The second-order valence-corrected chi connectivity index (χ2v) is 10.2. The van der Waals surface area contributed by atoms with Crippen LogP contribution in [0.5, 0.6) is 0 Å². The molecule has 2 aromatic carbocycles. The van der Waals surface area contributed by atoms with Gasteiger partial charge in [0.2, 0.25) is 0 Å². The van der Waals surface area contributed by atoms with Crippen molar-refractivity contribution in [2.45, 2.75) is 6.04 Å². The molecule has 3 aliphatic rings. The van der Waals surface area contributed by atoms with Gasteiger partial charge in [-0.25, -0.2) is 9.80 Å². The Hall–Kier alpha value is -4.39. The standard InChI is InChI=1S/C27H25N7O4S/c1-28-15-5-7-16(8-6-15)29-26(36)20-10-9-19(39-20)24-22-23(31-32-24)17-3-2-4-18(21(17)25(22)35)30-27(37)33-34-11-13-38-14-12-34/h2-10,23,28H,11-14H2,1H3,(H,29,36)(H2,30,33,37). The summed E-state index contributed by atoms with van der Waals surface area (Å²) < 4.78 is 5.31. The average molecular weight is 544 g/mol. The number of amides is 3. The minimum atomic E-state index is -0.545. The van der Waals surface area contributed by atoms with Crippen LogP contribution in [-0.2, 0) is 4.74 Å². The molecule has 39 heavy (non-hydrogen) atoms. The molecular weight excluding hydrogens is 518 g/mol. The highest BCUT2D eigenvalue weighted by Crippen LogP contribution is 2.49. The molecule has 1 saturated heterocycles. The number of azo groups is 1. The monoisotopic (exact) mass is 543 g/mol. The number of thiophene rings is 1. The van der Waals surface area contributed by atoms with E-state index >= 15 is 0 Å². The summed E-state index contributed by atoms with van der Waals surface area (Å²) in [6.07, 6.45) is 0. The lowest BCUT2D eigenvalue weighted by Crippen LogP contribution is -2.49. The van der Waals surface area contributed by atoms with Crippen molar-refractivity contribution in [2.24, 2.45) is 10.2 Å². The molecule has 3 amide bonds. The molecule has 1 atom stereocenters. The third kappa shape index (κ3) is 4.80. The van der Waals surface area contributed by atoms with Crippen LogP contribution in [0.2, 0.25) is 0 Å². The van der Waals surface area contributed by atoms with Crippen molar-refractivity contribution in [1.82, 2.24) is 10.4 Å². The number of hydrogen-bond acceptors (Lipinski definition) is 9. The SMILES string of the molecule is CNc1ccc(NC(=O)c2ccc(C3=C4C(=O)c5c(NC(=O)NN6CCOCC6)cccc5C4N=N3)s2)cc1. The van der Waals surface area contributed by atoms with E-state index < -0.39 is 12.1 Å². The number of nitrogens with one attached hydrogen (secondary N) is 4. The first-order valence-electron chi connectivity index (χ1n) is 12.4. The molecule has 1 aliphatic carbocycles. The number of ether oxygens (including phenoxy) is 1. The van der Waals surface area contributed by atoms with E-state index in [2.05, 4.69) is 31.6 Å². The number of Topliss-reactive ketones (excluding diaryl/α,β-unsaturated/α-hetero) is 1. The molecule has 198 valence electrons. The molecule has 1 aromatic heterocycles. The number of carbonyl (C=O) groups excluding carboxylic acids is 3. The van der Waals surface area contributed by atoms with Crippen LogP contribution < -0.4 is 21.4 Å². The summed E-state index contributed by atoms with van der Waals surface area (Å²) in [5.41, 5.74) is 6.83.